The van der Waals surface area contributed by atoms with Crippen LogP contribution in [-0.4, -0.2) is 61.4 Å². The van der Waals surface area contributed by atoms with Gasteiger partial charge in [-0.2, -0.15) is 4.31 Å². The summed E-state index contributed by atoms with van der Waals surface area (Å²) >= 11 is 7.56. The summed E-state index contributed by atoms with van der Waals surface area (Å²) in [7, 11) is -3.48. The van der Waals surface area contributed by atoms with Gasteiger partial charge in [-0.25, -0.2) is 8.42 Å². The number of piperidine rings is 1. The molecule has 0 aliphatic carbocycles. The molecule has 0 radical (unpaired) electrons. The molecule has 5 rings (SSSR count). The summed E-state index contributed by atoms with van der Waals surface area (Å²) in [5, 5.41) is 3.38. The molecule has 2 aliphatic rings. The van der Waals surface area contributed by atoms with Gasteiger partial charge in [-0.05, 0) is 72.5 Å². The zero-order chi connectivity index (χ0) is 28.8. The lowest BCUT2D eigenvalue weighted by molar-refractivity contribution is -0.128. The van der Waals surface area contributed by atoms with Crippen LogP contribution < -0.4 is 10.1 Å². The summed E-state index contributed by atoms with van der Waals surface area (Å²) in [4.78, 5) is 27.3. The molecule has 3 aromatic rings. The molecular weight excluding hydrogens is 582 g/mol. The van der Waals surface area contributed by atoms with E-state index in [1.165, 1.54) is 4.31 Å². The Morgan fingerprint density at radius 2 is 1.63 bits per heavy atom. The van der Waals surface area contributed by atoms with Gasteiger partial charge in [-0.3, -0.25) is 9.59 Å². The van der Waals surface area contributed by atoms with Crippen LogP contribution in [0.5, 0.6) is 5.75 Å². The smallest absolute Gasteiger partial charge is 0.251 e. The largest absolute Gasteiger partial charge is 0.492 e. The SMILES string of the molecule is O=C(NCCOc1ccc(S(=O)(=O)N2CCCCC2)cc1)c1ccc(C2SCC(=O)N2Cc2ccc(Cl)cc2)cc1. The monoisotopic (exact) mass is 613 g/mol. The molecule has 0 bridgehead atoms. The molecule has 8 nitrogen and oxygen atoms in total. The lowest BCUT2D eigenvalue weighted by atomic mass is 10.1. The van der Waals surface area contributed by atoms with E-state index in [4.69, 9.17) is 16.3 Å². The van der Waals surface area contributed by atoms with E-state index in [2.05, 4.69) is 5.32 Å². The van der Waals surface area contributed by atoms with Gasteiger partial charge in [0, 0.05) is 30.2 Å². The number of hydrogen-bond acceptors (Lipinski definition) is 6. The van der Waals surface area contributed by atoms with Crippen LogP contribution in [0.1, 0.15) is 46.1 Å². The van der Waals surface area contributed by atoms with E-state index in [-0.39, 0.29) is 35.2 Å². The highest BCUT2D eigenvalue weighted by atomic mass is 35.5. The van der Waals surface area contributed by atoms with Crippen molar-refractivity contribution in [3.05, 3.63) is 94.5 Å². The summed E-state index contributed by atoms with van der Waals surface area (Å²) in [5.41, 5.74) is 2.48. The molecule has 3 aromatic carbocycles. The minimum atomic E-state index is -3.48. The van der Waals surface area contributed by atoms with Crippen molar-refractivity contribution >= 4 is 45.2 Å². The molecule has 1 N–H and O–H groups in total. The Labute approximate surface area is 250 Å². The summed E-state index contributed by atoms with van der Waals surface area (Å²) in [6.07, 6.45) is 2.84. The molecule has 2 aliphatic heterocycles. The van der Waals surface area contributed by atoms with Crippen molar-refractivity contribution in [2.24, 2.45) is 0 Å². The Kier molecular flexibility index (Phi) is 9.54. The molecule has 0 saturated carbocycles. The Hall–Kier alpha value is -3.05. The third-order valence-corrected chi connectivity index (χ3v) is 10.5. The average Bonchev–Trinajstić information content (AvgIpc) is 3.36. The van der Waals surface area contributed by atoms with Crippen LogP contribution in [0.2, 0.25) is 5.02 Å². The van der Waals surface area contributed by atoms with E-state index in [9.17, 15) is 18.0 Å². The van der Waals surface area contributed by atoms with Crippen molar-refractivity contribution in [3.63, 3.8) is 0 Å². The predicted molar refractivity (Wildman–Crippen MR) is 161 cm³/mol. The second kappa shape index (κ2) is 13.3. The number of benzene rings is 3. The summed E-state index contributed by atoms with van der Waals surface area (Å²) in [6.45, 7) is 2.14. The average molecular weight is 614 g/mol. The molecule has 2 amide bonds. The topological polar surface area (TPSA) is 96.0 Å². The number of ether oxygens (including phenoxy) is 1. The van der Waals surface area contributed by atoms with Gasteiger partial charge in [-0.1, -0.05) is 42.3 Å². The number of nitrogens with zero attached hydrogens (tertiary/aromatic N) is 2. The van der Waals surface area contributed by atoms with Gasteiger partial charge in [0.25, 0.3) is 5.91 Å². The van der Waals surface area contributed by atoms with Gasteiger partial charge < -0.3 is 15.0 Å². The maximum Gasteiger partial charge on any atom is 0.251 e. The van der Waals surface area contributed by atoms with Gasteiger partial charge in [0.2, 0.25) is 15.9 Å². The van der Waals surface area contributed by atoms with Crippen molar-refractivity contribution in [3.8, 4) is 5.75 Å². The van der Waals surface area contributed by atoms with Crippen LogP contribution in [-0.2, 0) is 21.4 Å². The van der Waals surface area contributed by atoms with Crippen molar-refractivity contribution in [1.29, 1.82) is 0 Å². The lowest BCUT2D eigenvalue weighted by Gasteiger charge is -2.25. The molecule has 0 spiro atoms. The molecule has 1 atom stereocenters. The van der Waals surface area contributed by atoms with E-state index in [1.54, 1.807) is 48.2 Å². The first-order valence-corrected chi connectivity index (χ1v) is 16.4. The number of carbonyl (C=O) groups is 2. The molecule has 11 heteroatoms. The fourth-order valence-electron chi connectivity index (χ4n) is 4.88. The first-order chi connectivity index (χ1) is 19.8. The van der Waals surface area contributed by atoms with Crippen molar-refractivity contribution in [2.75, 3.05) is 32.0 Å². The number of thioether (sulfide) groups is 1. The minimum absolute atomic E-state index is 0.0787. The summed E-state index contributed by atoms with van der Waals surface area (Å²) in [5.74, 6) is 0.802. The molecule has 41 heavy (non-hydrogen) atoms. The zero-order valence-corrected chi connectivity index (χ0v) is 24.9. The number of nitrogens with one attached hydrogen (secondary N) is 1. The van der Waals surface area contributed by atoms with E-state index >= 15 is 0 Å². The maximum atomic E-state index is 12.8. The van der Waals surface area contributed by atoms with E-state index in [0.29, 0.717) is 41.7 Å². The molecule has 2 saturated heterocycles. The molecule has 1 unspecified atom stereocenters. The maximum absolute atomic E-state index is 12.8. The number of amides is 2. The van der Waals surface area contributed by atoms with Crippen LogP contribution in [0.15, 0.2) is 77.7 Å². The second-order valence-corrected chi connectivity index (χ2v) is 13.4. The van der Waals surface area contributed by atoms with Gasteiger partial charge in [0.15, 0.2) is 0 Å². The second-order valence-electron chi connectivity index (χ2n) is 9.97. The number of rotatable bonds is 10. The third-order valence-electron chi connectivity index (χ3n) is 7.13. The van der Waals surface area contributed by atoms with Gasteiger partial charge >= 0.3 is 0 Å². The van der Waals surface area contributed by atoms with Crippen LogP contribution >= 0.6 is 23.4 Å². The van der Waals surface area contributed by atoms with E-state index < -0.39 is 10.0 Å². The Balaban J connectivity index is 1.10. The summed E-state index contributed by atoms with van der Waals surface area (Å²) < 4.78 is 32.8. The number of carbonyl (C=O) groups excluding carboxylic acids is 2. The van der Waals surface area contributed by atoms with Gasteiger partial charge in [-0.15, -0.1) is 11.8 Å². The van der Waals surface area contributed by atoms with Gasteiger partial charge in [0.05, 0.1) is 17.2 Å². The lowest BCUT2D eigenvalue weighted by Crippen LogP contribution is -2.35. The molecule has 0 aromatic heterocycles. The fraction of sp³-hybridized carbons (Fsp3) is 0.333. The summed E-state index contributed by atoms with van der Waals surface area (Å²) in [6, 6.07) is 21.2. The van der Waals surface area contributed by atoms with E-state index in [1.807, 2.05) is 41.3 Å². The molecular formula is C30H32ClN3O5S2. The fourth-order valence-corrected chi connectivity index (χ4v) is 7.72. The highest BCUT2D eigenvalue weighted by Gasteiger charge is 2.33. The van der Waals surface area contributed by atoms with E-state index in [0.717, 1.165) is 30.4 Å². The van der Waals surface area contributed by atoms with Crippen molar-refractivity contribution in [1.82, 2.24) is 14.5 Å². The van der Waals surface area contributed by atoms with Crippen LogP contribution in [0.3, 0.4) is 0 Å². The number of halogens is 1. The minimum Gasteiger partial charge on any atom is -0.492 e. The molecule has 2 heterocycles. The highest BCUT2D eigenvalue weighted by Crippen LogP contribution is 2.39. The Bertz CT molecular complexity index is 1460. The number of sulfonamides is 1. The predicted octanol–water partition coefficient (Wildman–Crippen LogP) is 5.10. The molecule has 2 fully saturated rings. The Morgan fingerprint density at radius 3 is 2.32 bits per heavy atom. The van der Waals surface area contributed by atoms with Crippen LogP contribution in [0.4, 0.5) is 0 Å². The van der Waals surface area contributed by atoms with Gasteiger partial charge in [0.1, 0.15) is 17.7 Å². The third kappa shape index (κ3) is 7.24. The van der Waals surface area contributed by atoms with Crippen molar-refractivity contribution in [2.45, 2.75) is 36.1 Å². The van der Waals surface area contributed by atoms with Crippen LogP contribution in [0.25, 0.3) is 0 Å². The highest BCUT2D eigenvalue weighted by molar-refractivity contribution is 8.00. The number of hydrogen-bond donors (Lipinski definition) is 1. The quantitative estimate of drug-likeness (QED) is 0.320. The standard InChI is InChI=1S/C30H32ClN3O5S2/c31-25-10-4-22(5-11-25)20-34-28(35)21-40-30(34)24-8-6-23(7-9-24)29(36)32-16-19-39-26-12-14-27(15-13-26)41(37,38)33-17-2-1-3-18-33/h4-15,30H,1-3,16-21H2,(H,32,36). The first-order valence-electron chi connectivity index (χ1n) is 13.6. The normalized spacial score (nSPS) is 17.9. The Morgan fingerprint density at radius 1 is 0.951 bits per heavy atom. The van der Waals surface area contributed by atoms with Crippen LogP contribution in [0, 0.1) is 0 Å². The first kappa shape index (κ1) is 29.4. The molecule has 216 valence electrons. The zero-order valence-electron chi connectivity index (χ0n) is 22.5. The van der Waals surface area contributed by atoms with Crippen molar-refractivity contribution < 1.29 is 22.7 Å².